The van der Waals surface area contributed by atoms with E-state index in [1.807, 2.05) is 18.2 Å². The number of rotatable bonds is 5. The first-order chi connectivity index (χ1) is 14.5. The van der Waals surface area contributed by atoms with Gasteiger partial charge in [0.2, 0.25) is 0 Å². The van der Waals surface area contributed by atoms with E-state index in [1.165, 1.54) is 23.8 Å². The lowest BCUT2D eigenvalue weighted by Gasteiger charge is -2.32. The van der Waals surface area contributed by atoms with Crippen LogP contribution in [0.2, 0.25) is 0 Å². The Kier molecular flexibility index (Phi) is 6.20. The van der Waals surface area contributed by atoms with Crippen molar-refractivity contribution in [2.75, 3.05) is 13.1 Å². The molecule has 1 aliphatic heterocycles. The summed E-state index contributed by atoms with van der Waals surface area (Å²) in [6.45, 7) is 4.42. The summed E-state index contributed by atoms with van der Waals surface area (Å²) in [7, 11) is 0. The van der Waals surface area contributed by atoms with Crippen molar-refractivity contribution in [3.05, 3.63) is 76.3 Å². The van der Waals surface area contributed by atoms with E-state index in [0.29, 0.717) is 10.6 Å². The van der Waals surface area contributed by atoms with Crippen molar-refractivity contribution in [1.29, 1.82) is 0 Å². The lowest BCUT2D eigenvalue weighted by atomic mass is 10.0. The Morgan fingerprint density at radius 3 is 2.43 bits per heavy atom. The Balaban J connectivity index is 1.38. The quantitative estimate of drug-likeness (QED) is 0.637. The topological polar surface area (TPSA) is 45.2 Å². The summed E-state index contributed by atoms with van der Waals surface area (Å²) < 4.78 is 28.1. The van der Waals surface area contributed by atoms with E-state index in [1.54, 1.807) is 6.92 Å². The van der Waals surface area contributed by atoms with Gasteiger partial charge in [0.05, 0.1) is 11.3 Å². The van der Waals surface area contributed by atoms with Crippen molar-refractivity contribution in [1.82, 2.24) is 15.2 Å². The van der Waals surface area contributed by atoms with E-state index in [0.717, 1.165) is 43.8 Å². The van der Waals surface area contributed by atoms with Gasteiger partial charge in [-0.05, 0) is 37.5 Å². The fraction of sp³-hybridized carbons (Fsp3) is 0.304. The Hall–Kier alpha value is -2.64. The molecule has 1 aromatic heterocycles. The van der Waals surface area contributed by atoms with Crippen LogP contribution in [0.15, 0.2) is 48.5 Å². The minimum absolute atomic E-state index is 0.0830. The lowest BCUT2D eigenvalue weighted by Crippen LogP contribution is -2.44. The van der Waals surface area contributed by atoms with Gasteiger partial charge in [0, 0.05) is 25.7 Å². The molecule has 0 radical (unpaired) electrons. The predicted octanol–water partition coefficient (Wildman–Crippen LogP) is 4.79. The summed E-state index contributed by atoms with van der Waals surface area (Å²) in [5.41, 5.74) is 1.59. The molecule has 0 bridgehead atoms. The summed E-state index contributed by atoms with van der Waals surface area (Å²) in [6.07, 6.45) is 1.73. The summed E-state index contributed by atoms with van der Waals surface area (Å²) >= 11 is 1.03. The first-order valence-electron chi connectivity index (χ1n) is 10.00. The summed E-state index contributed by atoms with van der Waals surface area (Å²) in [5, 5.41) is 3.26. The molecule has 0 atom stereocenters. The van der Waals surface area contributed by atoms with Crippen LogP contribution in [0.4, 0.5) is 8.78 Å². The lowest BCUT2D eigenvalue weighted by molar-refractivity contribution is 0.0912. The molecule has 0 unspecified atom stereocenters. The van der Waals surface area contributed by atoms with Gasteiger partial charge in [-0.3, -0.25) is 9.69 Å². The third-order valence-electron chi connectivity index (χ3n) is 5.35. The molecule has 3 aromatic rings. The maximum absolute atomic E-state index is 14.1. The van der Waals surface area contributed by atoms with Gasteiger partial charge in [-0.1, -0.05) is 36.4 Å². The zero-order valence-electron chi connectivity index (χ0n) is 16.7. The highest BCUT2D eigenvalue weighted by Gasteiger charge is 2.24. The van der Waals surface area contributed by atoms with Crippen LogP contribution in [0.25, 0.3) is 10.6 Å². The highest BCUT2D eigenvalue weighted by molar-refractivity contribution is 7.17. The van der Waals surface area contributed by atoms with Crippen molar-refractivity contribution in [3.8, 4) is 10.6 Å². The molecule has 4 rings (SSSR count). The Morgan fingerprint density at radius 1 is 1.10 bits per heavy atom. The van der Waals surface area contributed by atoms with Gasteiger partial charge < -0.3 is 5.32 Å². The largest absolute Gasteiger partial charge is 0.348 e. The Labute approximate surface area is 178 Å². The number of benzene rings is 2. The Bertz CT molecular complexity index is 1010. The average Bonchev–Trinajstić information content (AvgIpc) is 3.11. The van der Waals surface area contributed by atoms with Crippen LogP contribution >= 0.6 is 11.3 Å². The molecule has 2 heterocycles. The number of nitrogens with one attached hydrogen (secondary N) is 1. The van der Waals surface area contributed by atoms with E-state index in [-0.39, 0.29) is 22.5 Å². The third kappa shape index (κ3) is 4.57. The third-order valence-corrected chi connectivity index (χ3v) is 6.52. The van der Waals surface area contributed by atoms with Crippen molar-refractivity contribution in [2.24, 2.45) is 0 Å². The molecule has 1 amide bonds. The van der Waals surface area contributed by atoms with Crippen LogP contribution in [-0.4, -0.2) is 34.9 Å². The molecule has 1 saturated heterocycles. The minimum Gasteiger partial charge on any atom is -0.348 e. The molecule has 1 aliphatic rings. The standard InChI is InChI=1S/C23H23F2N3OS/c1-15-21(30-23(26-15)20-18(24)8-5-9-19(20)25)22(29)27-17-10-12-28(13-11-17)14-16-6-3-2-4-7-16/h2-9,17H,10-14H2,1H3,(H,27,29). The van der Waals surface area contributed by atoms with E-state index < -0.39 is 11.6 Å². The number of carbonyl (C=O) groups excluding carboxylic acids is 1. The first kappa shape index (κ1) is 20.6. The second kappa shape index (κ2) is 9.02. The monoisotopic (exact) mass is 427 g/mol. The maximum atomic E-state index is 14.1. The Morgan fingerprint density at radius 2 is 1.77 bits per heavy atom. The number of piperidine rings is 1. The number of thiazole rings is 1. The van der Waals surface area contributed by atoms with Gasteiger partial charge in [-0.2, -0.15) is 0 Å². The fourth-order valence-corrected chi connectivity index (χ4v) is 4.76. The molecule has 0 saturated carbocycles. The number of aromatic nitrogens is 1. The van der Waals surface area contributed by atoms with Gasteiger partial charge in [-0.15, -0.1) is 11.3 Å². The van der Waals surface area contributed by atoms with Gasteiger partial charge in [-0.25, -0.2) is 13.8 Å². The highest BCUT2D eigenvalue weighted by atomic mass is 32.1. The van der Waals surface area contributed by atoms with Gasteiger partial charge in [0.1, 0.15) is 21.5 Å². The molecule has 7 heteroatoms. The summed E-state index contributed by atoms with van der Waals surface area (Å²) in [4.78, 5) is 19.8. The van der Waals surface area contributed by atoms with Crippen molar-refractivity contribution >= 4 is 17.2 Å². The second-order valence-electron chi connectivity index (χ2n) is 7.54. The number of amides is 1. The van der Waals surface area contributed by atoms with Crippen molar-refractivity contribution in [2.45, 2.75) is 32.4 Å². The number of hydrogen-bond acceptors (Lipinski definition) is 4. The van der Waals surface area contributed by atoms with E-state index in [4.69, 9.17) is 0 Å². The number of nitrogens with zero attached hydrogens (tertiary/aromatic N) is 2. The fourth-order valence-electron chi connectivity index (χ4n) is 3.74. The first-order valence-corrected chi connectivity index (χ1v) is 10.8. The van der Waals surface area contributed by atoms with Crippen LogP contribution in [-0.2, 0) is 6.54 Å². The average molecular weight is 428 g/mol. The van der Waals surface area contributed by atoms with E-state index >= 15 is 0 Å². The predicted molar refractivity (Wildman–Crippen MR) is 114 cm³/mol. The van der Waals surface area contributed by atoms with Gasteiger partial charge >= 0.3 is 0 Å². The SMILES string of the molecule is Cc1nc(-c2c(F)cccc2F)sc1C(=O)NC1CCN(Cc2ccccc2)CC1. The van der Waals surface area contributed by atoms with Gasteiger partial charge in [0.25, 0.3) is 5.91 Å². The zero-order chi connectivity index (χ0) is 21.1. The molecule has 1 fully saturated rings. The number of hydrogen-bond donors (Lipinski definition) is 1. The van der Waals surface area contributed by atoms with Crippen molar-refractivity contribution < 1.29 is 13.6 Å². The molecule has 1 N–H and O–H groups in total. The molecule has 156 valence electrons. The summed E-state index contributed by atoms with van der Waals surface area (Å²) in [5.74, 6) is -1.59. The number of likely N-dealkylation sites (tertiary alicyclic amines) is 1. The van der Waals surface area contributed by atoms with E-state index in [2.05, 4.69) is 27.3 Å². The number of halogens is 2. The smallest absolute Gasteiger partial charge is 0.263 e. The number of aryl methyl sites for hydroxylation is 1. The van der Waals surface area contributed by atoms with Crippen molar-refractivity contribution in [3.63, 3.8) is 0 Å². The molecule has 4 nitrogen and oxygen atoms in total. The number of carbonyl (C=O) groups is 1. The van der Waals surface area contributed by atoms with Crippen LogP contribution in [0, 0.1) is 18.6 Å². The molecule has 0 aliphatic carbocycles. The van der Waals surface area contributed by atoms with E-state index in [9.17, 15) is 13.6 Å². The van der Waals surface area contributed by atoms with Crippen LogP contribution in [0.5, 0.6) is 0 Å². The normalized spacial score (nSPS) is 15.3. The molecular formula is C23H23F2N3OS. The van der Waals surface area contributed by atoms with Crippen LogP contribution < -0.4 is 5.32 Å². The van der Waals surface area contributed by atoms with Gasteiger partial charge in [0.15, 0.2) is 0 Å². The van der Waals surface area contributed by atoms with Crippen LogP contribution in [0.3, 0.4) is 0 Å². The van der Waals surface area contributed by atoms with Crippen LogP contribution in [0.1, 0.15) is 33.8 Å². The summed E-state index contributed by atoms with van der Waals surface area (Å²) in [6, 6.07) is 14.1. The maximum Gasteiger partial charge on any atom is 0.263 e. The highest BCUT2D eigenvalue weighted by Crippen LogP contribution is 2.32. The molecular weight excluding hydrogens is 404 g/mol. The molecule has 2 aromatic carbocycles. The second-order valence-corrected chi connectivity index (χ2v) is 8.54. The molecule has 30 heavy (non-hydrogen) atoms. The molecule has 0 spiro atoms. The minimum atomic E-state index is -0.679. The zero-order valence-corrected chi connectivity index (χ0v) is 17.5.